The lowest BCUT2D eigenvalue weighted by atomic mass is 9.84. The second-order valence-corrected chi connectivity index (χ2v) is 5.43. The molecule has 0 N–H and O–H groups in total. The van der Waals surface area contributed by atoms with Crippen LogP contribution in [0.4, 0.5) is 0 Å². The monoisotopic (exact) mass is 182 g/mol. The molecule has 1 saturated carbocycles. The van der Waals surface area contributed by atoms with Crippen LogP contribution >= 0.6 is 0 Å². The molecular formula is C13H26. The first kappa shape index (κ1) is 11.1. The summed E-state index contributed by atoms with van der Waals surface area (Å²) >= 11 is 0. The van der Waals surface area contributed by atoms with Crippen LogP contribution in [0.1, 0.15) is 59.8 Å². The summed E-state index contributed by atoms with van der Waals surface area (Å²) in [4.78, 5) is 0. The summed E-state index contributed by atoms with van der Waals surface area (Å²) in [5.74, 6) is 3.94. The quantitative estimate of drug-likeness (QED) is 0.600. The average molecular weight is 182 g/mol. The van der Waals surface area contributed by atoms with Crippen LogP contribution in [0.2, 0.25) is 0 Å². The van der Waals surface area contributed by atoms with Gasteiger partial charge in [0.2, 0.25) is 0 Å². The van der Waals surface area contributed by atoms with Crippen molar-refractivity contribution in [2.75, 3.05) is 0 Å². The summed E-state index contributed by atoms with van der Waals surface area (Å²) in [6.07, 6.45) is 7.37. The van der Waals surface area contributed by atoms with E-state index in [9.17, 15) is 0 Å². The van der Waals surface area contributed by atoms with Gasteiger partial charge in [-0.05, 0) is 36.5 Å². The van der Waals surface area contributed by atoms with E-state index in [1.165, 1.54) is 32.1 Å². The molecule has 3 atom stereocenters. The first-order chi connectivity index (χ1) is 6.13. The highest BCUT2D eigenvalue weighted by Crippen LogP contribution is 2.36. The van der Waals surface area contributed by atoms with Gasteiger partial charge in [-0.2, -0.15) is 0 Å². The van der Waals surface area contributed by atoms with E-state index < -0.39 is 0 Å². The van der Waals surface area contributed by atoms with Gasteiger partial charge in [-0.25, -0.2) is 0 Å². The van der Waals surface area contributed by atoms with Gasteiger partial charge in [0.15, 0.2) is 0 Å². The van der Waals surface area contributed by atoms with E-state index in [2.05, 4.69) is 27.7 Å². The summed E-state index contributed by atoms with van der Waals surface area (Å²) in [5.41, 5.74) is 0. The van der Waals surface area contributed by atoms with Crippen molar-refractivity contribution >= 4 is 0 Å². The van der Waals surface area contributed by atoms with Gasteiger partial charge in [-0.15, -0.1) is 0 Å². The standard InChI is InChI=1S/C13H26/c1-5-13(10(2)3)9-12-7-6-11(4)8-12/h10-13H,5-9H2,1-4H3/t11-,12?,13?/m0/s1. The average Bonchev–Trinajstić information content (AvgIpc) is 2.46. The topological polar surface area (TPSA) is 0 Å². The minimum Gasteiger partial charge on any atom is -0.0651 e. The van der Waals surface area contributed by atoms with Crippen molar-refractivity contribution in [3.8, 4) is 0 Å². The first-order valence-electron chi connectivity index (χ1n) is 6.13. The molecule has 1 fully saturated rings. The lowest BCUT2D eigenvalue weighted by Crippen LogP contribution is -2.12. The van der Waals surface area contributed by atoms with E-state index in [1.54, 1.807) is 0 Å². The van der Waals surface area contributed by atoms with Crippen LogP contribution in [0.25, 0.3) is 0 Å². The number of hydrogen-bond acceptors (Lipinski definition) is 0. The van der Waals surface area contributed by atoms with Gasteiger partial charge in [0.25, 0.3) is 0 Å². The Morgan fingerprint density at radius 2 is 1.92 bits per heavy atom. The maximum Gasteiger partial charge on any atom is -0.0391 e. The van der Waals surface area contributed by atoms with Gasteiger partial charge >= 0.3 is 0 Å². The second kappa shape index (κ2) is 5.02. The minimum atomic E-state index is 0.890. The number of rotatable bonds is 4. The highest BCUT2D eigenvalue weighted by molar-refractivity contribution is 4.76. The van der Waals surface area contributed by atoms with Gasteiger partial charge < -0.3 is 0 Å². The largest absolute Gasteiger partial charge is 0.0651 e. The summed E-state index contributed by atoms with van der Waals surface area (Å²) in [6, 6.07) is 0. The Kier molecular flexibility index (Phi) is 4.28. The van der Waals surface area contributed by atoms with Crippen molar-refractivity contribution in [3.63, 3.8) is 0 Å². The predicted molar refractivity (Wildman–Crippen MR) is 59.7 cm³/mol. The van der Waals surface area contributed by atoms with Crippen LogP contribution in [-0.2, 0) is 0 Å². The molecule has 0 amide bonds. The highest BCUT2D eigenvalue weighted by Gasteiger charge is 2.24. The molecule has 1 aliphatic rings. The maximum atomic E-state index is 2.41. The van der Waals surface area contributed by atoms with Crippen molar-refractivity contribution in [1.82, 2.24) is 0 Å². The molecule has 0 spiro atoms. The van der Waals surface area contributed by atoms with E-state index in [0.717, 1.165) is 23.7 Å². The molecule has 0 aromatic rings. The van der Waals surface area contributed by atoms with Crippen molar-refractivity contribution in [1.29, 1.82) is 0 Å². The molecule has 0 aromatic heterocycles. The van der Waals surface area contributed by atoms with Crippen molar-refractivity contribution < 1.29 is 0 Å². The van der Waals surface area contributed by atoms with Crippen molar-refractivity contribution in [2.45, 2.75) is 59.8 Å². The van der Waals surface area contributed by atoms with Crippen LogP contribution in [0, 0.1) is 23.7 Å². The third-order valence-electron chi connectivity index (χ3n) is 3.91. The molecule has 0 heteroatoms. The molecule has 13 heavy (non-hydrogen) atoms. The zero-order valence-corrected chi connectivity index (χ0v) is 9.84. The molecule has 0 saturated heterocycles. The van der Waals surface area contributed by atoms with Crippen molar-refractivity contribution in [3.05, 3.63) is 0 Å². The molecule has 1 aliphatic carbocycles. The van der Waals surface area contributed by atoms with Crippen LogP contribution in [0.3, 0.4) is 0 Å². The Bertz CT molecular complexity index is 137. The van der Waals surface area contributed by atoms with Crippen LogP contribution in [0.15, 0.2) is 0 Å². The summed E-state index contributed by atoms with van der Waals surface area (Å²) in [7, 11) is 0. The van der Waals surface area contributed by atoms with Crippen LogP contribution in [-0.4, -0.2) is 0 Å². The normalized spacial score (nSPS) is 31.2. The molecule has 78 valence electrons. The van der Waals surface area contributed by atoms with E-state index in [0.29, 0.717) is 0 Å². The van der Waals surface area contributed by atoms with Gasteiger partial charge in [0, 0.05) is 0 Å². The minimum absolute atomic E-state index is 0.890. The molecule has 0 aliphatic heterocycles. The first-order valence-corrected chi connectivity index (χ1v) is 6.13. The fourth-order valence-corrected chi connectivity index (χ4v) is 2.88. The third-order valence-corrected chi connectivity index (χ3v) is 3.91. The fourth-order valence-electron chi connectivity index (χ4n) is 2.88. The molecule has 0 nitrogen and oxygen atoms in total. The maximum absolute atomic E-state index is 2.41. The Labute approximate surface area is 84.1 Å². The van der Waals surface area contributed by atoms with E-state index >= 15 is 0 Å². The molecular weight excluding hydrogens is 156 g/mol. The van der Waals surface area contributed by atoms with Gasteiger partial charge in [-0.1, -0.05) is 47.0 Å². The molecule has 0 aromatic carbocycles. The van der Waals surface area contributed by atoms with Gasteiger partial charge in [-0.3, -0.25) is 0 Å². The molecule has 0 heterocycles. The lowest BCUT2D eigenvalue weighted by Gasteiger charge is -2.22. The molecule has 1 rings (SSSR count). The van der Waals surface area contributed by atoms with E-state index in [-0.39, 0.29) is 0 Å². The van der Waals surface area contributed by atoms with Gasteiger partial charge in [0.05, 0.1) is 0 Å². The summed E-state index contributed by atoms with van der Waals surface area (Å²) in [6.45, 7) is 9.53. The Morgan fingerprint density at radius 3 is 2.31 bits per heavy atom. The molecule has 2 unspecified atom stereocenters. The molecule has 0 radical (unpaired) electrons. The summed E-state index contributed by atoms with van der Waals surface area (Å²) in [5, 5.41) is 0. The second-order valence-electron chi connectivity index (χ2n) is 5.43. The highest BCUT2D eigenvalue weighted by atomic mass is 14.3. The van der Waals surface area contributed by atoms with E-state index in [1.807, 2.05) is 0 Å². The summed E-state index contributed by atoms with van der Waals surface area (Å²) < 4.78 is 0. The smallest absolute Gasteiger partial charge is 0.0391 e. The lowest BCUT2D eigenvalue weighted by molar-refractivity contribution is 0.287. The third kappa shape index (κ3) is 3.32. The van der Waals surface area contributed by atoms with Crippen LogP contribution in [0.5, 0.6) is 0 Å². The van der Waals surface area contributed by atoms with Crippen molar-refractivity contribution in [2.24, 2.45) is 23.7 Å². The Hall–Kier alpha value is 0. The van der Waals surface area contributed by atoms with Crippen LogP contribution < -0.4 is 0 Å². The fraction of sp³-hybridized carbons (Fsp3) is 1.00. The SMILES string of the molecule is CCC(CC1CC[C@H](C)C1)C(C)C. The zero-order valence-electron chi connectivity index (χ0n) is 9.84. The predicted octanol–water partition coefficient (Wildman–Crippen LogP) is 4.49. The van der Waals surface area contributed by atoms with Gasteiger partial charge in [0.1, 0.15) is 0 Å². The van der Waals surface area contributed by atoms with E-state index in [4.69, 9.17) is 0 Å². The Morgan fingerprint density at radius 1 is 1.23 bits per heavy atom. The molecule has 0 bridgehead atoms. The Balaban J connectivity index is 2.30. The number of hydrogen-bond donors (Lipinski definition) is 0. The zero-order chi connectivity index (χ0) is 9.84.